The third kappa shape index (κ3) is 2.94. The molecule has 0 aromatic heterocycles. The van der Waals surface area contributed by atoms with E-state index >= 15 is 0 Å². The van der Waals surface area contributed by atoms with Crippen LogP contribution in [0.25, 0.3) is 0 Å². The zero-order valence-corrected chi connectivity index (χ0v) is 10.6. The van der Waals surface area contributed by atoms with Crippen molar-refractivity contribution in [2.75, 3.05) is 26.2 Å². The Bertz CT molecular complexity index is 213. The van der Waals surface area contributed by atoms with Crippen molar-refractivity contribution in [1.29, 1.82) is 0 Å². The number of hydrogen-bond acceptors (Lipinski definition) is 2. The summed E-state index contributed by atoms with van der Waals surface area (Å²) in [5.74, 6) is 0.888. The molecule has 88 valence electrons. The predicted octanol–water partition coefficient (Wildman–Crippen LogP) is 2.11. The van der Waals surface area contributed by atoms with Crippen LogP contribution in [0.4, 0.5) is 0 Å². The zero-order chi connectivity index (χ0) is 10.9. The highest BCUT2D eigenvalue weighted by Crippen LogP contribution is 2.29. The first kappa shape index (κ1) is 11.4. The van der Waals surface area contributed by atoms with Gasteiger partial charge >= 0.3 is 0 Å². The second-order valence-corrected chi connectivity index (χ2v) is 6.29. The molecule has 0 bridgehead atoms. The predicted molar refractivity (Wildman–Crippen MR) is 65.0 cm³/mol. The van der Waals surface area contributed by atoms with Crippen LogP contribution >= 0.6 is 0 Å². The van der Waals surface area contributed by atoms with Crippen LogP contribution in [0.5, 0.6) is 0 Å². The van der Waals surface area contributed by atoms with Gasteiger partial charge in [0.1, 0.15) is 0 Å². The Balaban J connectivity index is 1.83. The highest BCUT2D eigenvalue weighted by atomic mass is 15.1. The smallest absolute Gasteiger partial charge is 0.00796 e. The second kappa shape index (κ2) is 4.42. The van der Waals surface area contributed by atoms with Crippen molar-refractivity contribution in [3.63, 3.8) is 0 Å². The average Bonchev–Trinajstić information content (AvgIpc) is 2.50. The minimum atomic E-state index is 0.549. The Kier molecular flexibility index (Phi) is 3.36. The minimum Gasteiger partial charge on any atom is -0.314 e. The molecular formula is C13H26N2. The van der Waals surface area contributed by atoms with Gasteiger partial charge in [-0.25, -0.2) is 0 Å². The summed E-state index contributed by atoms with van der Waals surface area (Å²) in [4.78, 5) is 2.69. The van der Waals surface area contributed by atoms with Crippen LogP contribution in [0.2, 0.25) is 0 Å². The number of rotatable bonds is 2. The molecule has 0 aliphatic carbocycles. The van der Waals surface area contributed by atoms with Gasteiger partial charge in [0.05, 0.1) is 0 Å². The number of piperidine rings is 1. The van der Waals surface area contributed by atoms with Crippen LogP contribution < -0.4 is 5.32 Å². The van der Waals surface area contributed by atoms with Crippen molar-refractivity contribution in [2.45, 2.75) is 46.1 Å². The van der Waals surface area contributed by atoms with Gasteiger partial charge in [0.25, 0.3) is 0 Å². The van der Waals surface area contributed by atoms with Crippen LogP contribution in [0.1, 0.15) is 40.0 Å². The molecule has 2 saturated heterocycles. The molecule has 2 fully saturated rings. The van der Waals surface area contributed by atoms with E-state index in [4.69, 9.17) is 0 Å². The molecule has 0 spiro atoms. The van der Waals surface area contributed by atoms with Gasteiger partial charge in [-0.15, -0.1) is 0 Å². The summed E-state index contributed by atoms with van der Waals surface area (Å²) in [5.41, 5.74) is 0.549. The molecule has 2 nitrogen and oxygen atoms in total. The summed E-state index contributed by atoms with van der Waals surface area (Å²) in [6, 6.07) is 0.732. The molecule has 15 heavy (non-hydrogen) atoms. The van der Waals surface area contributed by atoms with Gasteiger partial charge in [-0.1, -0.05) is 13.8 Å². The Morgan fingerprint density at radius 2 is 2.20 bits per heavy atom. The van der Waals surface area contributed by atoms with Crippen LogP contribution in [0.3, 0.4) is 0 Å². The standard InChI is InChI=1S/C13H26N2/c1-11-12(5-7-14-11)9-15-8-4-6-13(2,3)10-15/h11-12,14H,4-10H2,1-3H3. The molecule has 2 rings (SSSR count). The van der Waals surface area contributed by atoms with Crippen LogP contribution in [0.15, 0.2) is 0 Å². The van der Waals surface area contributed by atoms with Gasteiger partial charge in [-0.05, 0) is 50.6 Å². The van der Waals surface area contributed by atoms with E-state index in [1.165, 1.54) is 45.4 Å². The first-order valence-electron chi connectivity index (χ1n) is 6.53. The van der Waals surface area contributed by atoms with Gasteiger partial charge in [-0.2, -0.15) is 0 Å². The van der Waals surface area contributed by atoms with Gasteiger partial charge in [0, 0.05) is 19.1 Å². The fourth-order valence-corrected chi connectivity index (χ4v) is 3.19. The number of nitrogens with zero attached hydrogens (tertiary/aromatic N) is 1. The molecule has 0 amide bonds. The summed E-state index contributed by atoms with van der Waals surface area (Å²) in [6.45, 7) is 12.3. The Morgan fingerprint density at radius 3 is 2.80 bits per heavy atom. The molecule has 2 unspecified atom stereocenters. The maximum absolute atomic E-state index is 3.55. The van der Waals surface area contributed by atoms with Crippen LogP contribution in [0, 0.1) is 11.3 Å². The fraction of sp³-hybridized carbons (Fsp3) is 1.00. The Hall–Kier alpha value is -0.0800. The van der Waals surface area contributed by atoms with E-state index in [2.05, 4.69) is 31.0 Å². The van der Waals surface area contributed by atoms with Crippen LogP contribution in [-0.4, -0.2) is 37.1 Å². The summed E-state index contributed by atoms with van der Waals surface area (Å²) in [7, 11) is 0. The molecule has 0 radical (unpaired) electrons. The van der Waals surface area contributed by atoms with E-state index in [9.17, 15) is 0 Å². The summed E-state index contributed by atoms with van der Waals surface area (Å²) in [6.07, 6.45) is 4.17. The molecule has 2 aliphatic rings. The largest absolute Gasteiger partial charge is 0.314 e. The van der Waals surface area contributed by atoms with Crippen molar-refractivity contribution >= 4 is 0 Å². The molecular weight excluding hydrogens is 184 g/mol. The highest BCUT2D eigenvalue weighted by molar-refractivity contribution is 4.86. The topological polar surface area (TPSA) is 15.3 Å². The molecule has 2 heteroatoms. The first-order chi connectivity index (χ1) is 7.07. The summed E-state index contributed by atoms with van der Waals surface area (Å²) >= 11 is 0. The molecule has 0 saturated carbocycles. The lowest BCUT2D eigenvalue weighted by atomic mass is 9.83. The number of nitrogens with one attached hydrogen (secondary N) is 1. The quantitative estimate of drug-likeness (QED) is 0.751. The maximum atomic E-state index is 3.55. The number of likely N-dealkylation sites (tertiary alicyclic amines) is 1. The van der Waals surface area contributed by atoms with Crippen molar-refractivity contribution < 1.29 is 0 Å². The lowest BCUT2D eigenvalue weighted by molar-refractivity contribution is 0.100. The van der Waals surface area contributed by atoms with Crippen molar-refractivity contribution in [1.82, 2.24) is 10.2 Å². The fourth-order valence-electron chi connectivity index (χ4n) is 3.19. The Morgan fingerprint density at radius 1 is 1.40 bits per heavy atom. The van der Waals surface area contributed by atoms with Gasteiger partial charge in [0.15, 0.2) is 0 Å². The van der Waals surface area contributed by atoms with Gasteiger partial charge in [-0.3, -0.25) is 0 Å². The zero-order valence-electron chi connectivity index (χ0n) is 10.6. The highest BCUT2D eigenvalue weighted by Gasteiger charge is 2.30. The van der Waals surface area contributed by atoms with E-state index in [1.807, 2.05) is 0 Å². The molecule has 2 atom stereocenters. The normalized spacial score (nSPS) is 37.0. The second-order valence-electron chi connectivity index (χ2n) is 6.29. The third-order valence-electron chi connectivity index (χ3n) is 4.16. The maximum Gasteiger partial charge on any atom is 0.00796 e. The monoisotopic (exact) mass is 210 g/mol. The van der Waals surface area contributed by atoms with Crippen molar-refractivity contribution in [2.24, 2.45) is 11.3 Å². The Labute approximate surface area is 94.4 Å². The van der Waals surface area contributed by atoms with E-state index < -0.39 is 0 Å². The molecule has 0 aromatic rings. The van der Waals surface area contributed by atoms with E-state index in [0.717, 1.165) is 12.0 Å². The minimum absolute atomic E-state index is 0.549. The SMILES string of the molecule is CC1NCCC1CN1CCCC(C)(C)C1. The molecule has 0 aromatic carbocycles. The van der Waals surface area contributed by atoms with E-state index in [1.54, 1.807) is 0 Å². The van der Waals surface area contributed by atoms with Gasteiger partial charge in [0.2, 0.25) is 0 Å². The summed E-state index contributed by atoms with van der Waals surface area (Å²) in [5, 5.41) is 3.55. The first-order valence-corrected chi connectivity index (χ1v) is 6.53. The lowest BCUT2D eigenvalue weighted by Crippen LogP contribution is -2.43. The van der Waals surface area contributed by atoms with Gasteiger partial charge < -0.3 is 10.2 Å². The average molecular weight is 210 g/mol. The summed E-state index contributed by atoms with van der Waals surface area (Å²) < 4.78 is 0. The van der Waals surface area contributed by atoms with Crippen molar-refractivity contribution in [3.8, 4) is 0 Å². The lowest BCUT2D eigenvalue weighted by Gasteiger charge is -2.39. The van der Waals surface area contributed by atoms with Crippen molar-refractivity contribution in [3.05, 3.63) is 0 Å². The molecule has 2 aliphatic heterocycles. The van der Waals surface area contributed by atoms with E-state index in [0.29, 0.717) is 5.41 Å². The molecule has 2 heterocycles. The van der Waals surface area contributed by atoms with Crippen LogP contribution in [-0.2, 0) is 0 Å². The molecule has 1 N–H and O–H groups in total. The van der Waals surface area contributed by atoms with E-state index in [-0.39, 0.29) is 0 Å². The number of hydrogen-bond donors (Lipinski definition) is 1. The third-order valence-corrected chi connectivity index (χ3v) is 4.16.